The van der Waals surface area contributed by atoms with Crippen LogP contribution in [0.4, 0.5) is 11.4 Å². The van der Waals surface area contributed by atoms with Crippen LogP contribution < -0.4 is 33.6 Å². The number of nitrogens with zero attached hydrogens (tertiary/aromatic N) is 1. The average Bonchev–Trinajstić information content (AvgIpc) is 2.84. The van der Waals surface area contributed by atoms with Gasteiger partial charge in [-0.1, -0.05) is 54.6 Å². The zero-order valence-electron chi connectivity index (χ0n) is 17.6. The van der Waals surface area contributed by atoms with Gasteiger partial charge in [-0.05, 0) is 42.5 Å². The first-order chi connectivity index (χ1) is 15.6. The van der Waals surface area contributed by atoms with Crippen LogP contribution in [0.1, 0.15) is 0 Å². The topological polar surface area (TPSA) is 75.4 Å². The van der Waals surface area contributed by atoms with E-state index in [1.165, 1.54) is 34.1 Å². The van der Waals surface area contributed by atoms with Gasteiger partial charge in [0.15, 0.2) is 0 Å². The molecule has 0 amide bonds. The van der Waals surface area contributed by atoms with E-state index in [0.717, 1.165) is 0 Å². The number of rotatable bonds is 7. The third-order valence-corrected chi connectivity index (χ3v) is 9.15. The predicted molar refractivity (Wildman–Crippen MR) is 133 cm³/mol. The average molecular weight is 477 g/mol. The molecule has 0 atom stereocenters. The number of nitro groups is 1. The van der Waals surface area contributed by atoms with Crippen molar-refractivity contribution >= 4 is 34.6 Å². The molecular weight excluding hydrogens is 455 g/mol. The summed E-state index contributed by atoms with van der Waals surface area (Å²) in [5.41, 5.74) is 0.191. The summed E-state index contributed by atoms with van der Waals surface area (Å²) in [4.78, 5) is 10.7. The molecule has 0 unspecified atom stereocenters. The minimum atomic E-state index is -2.19. The second-order valence-electron chi connectivity index (χ2n) is 7.15. The summed E-state index contributed by atoms with van der Waals surface area (Å²) >= 11 is 0. The van der Waals surface area contributed by atoms with Gasteiger partial charge >= 0.3 is 0 Å². The van der Waals surface area contributed by atoms with Crippen molar-refractivity contribution in [2.24, 2.45) is 0 Å². The molecule has 0 heterocycles. The van der Waals surface area contributed by atoms with Crippen molar-refractivity contribution in [2.75, 3.05) is 5.32 Å². The molecule has 4 aromatic rings. The molecule has 4 aromatic carbocycles. The van der Waals surface area contributed by atoms with Crippen LogP contribution in [-0.2, 0) is 0 Å². The molecule has 0 aromatic heterocycles. The highest BCUT2D eigenvalue weighted by Crippen LogP contribution is 2.56. The number of benzene rings is 4. The Balaban J connectivity index is 0.00000306. The maximum atomic E-state index is 11.1. The van der Waals surface area contributed by atoms with Crippen molar-refractivity contribution in [2.45, 2.75) is 0 Å². The summed E-state index contributed by atoms with van der Waals surface area (Å²) in [6.45, 7) is 0. The Morgan fingerprint density at radius 2 is 1.21 bits per heavy atom. The van der Waals surface area contributed by atoms with Crippen molar-refractivity contribution < 1.29 is 22.4 Å². The van der Waals surface area contributed by atoms with Gasteiger partial charge in [0.2, 0.25) is 0 Å². The first kappa shape index (κ1) is 24.0. The number of nitro benzene ring substituents is 1. The molecule has 7 heteroatoms. The third-order valence-electron chi connectivity index (χ3n) is 5.22. The normalized spacial score (nSPS) is 11.0. The highest BCUT2D eigenvalue weighted by atomic mass is 35.5. The number of non-ortho nitro benzene ring substituents is 1. The number of nitrogens with one attached hydrogen (secondary N) is 1. The van der Waals surface area contributed by atoms with Crippen LogP contribution in [0.2, 0.25) is 0 Å². The van der Waals surface area contributed by atoms with Gasteiger partial charge < -0.3 is 22.8 Å². The SMILES string of the molecule is O=[N+]([O-])c1ccc(O)c(N/C=C/[P+](c2ccccc2)(c2ccccc2)c2ccccc2)c1.[Cl-]. The molecule has 0 spiro atoms. The van der Waals surface area contributed by atoms with Crippen molar-refractivity contribution in [1.29, 1.82) is 0 Å². The summed E-state index contributed by atoms with van der Waals surface area (Å²) in [6, 6.07) is 34.9. The van der Waals surface area contributed by atoms with Crippen LogP contribution in [0.15, 0.2) is 121 Å². The number of halogens is 1. The molecule has 0 saturated carbocycles. The predicted octanol–water partition coefficient (Wildman–Crippen LogP) is 2.18. The number of hydrogen-bond acceptors (Lipinski definition) is 4. The summed E-state index contributed by atoms with van der Waals surface area (Å²) in [6.07, 6.45) is 1.78. The summed E-state index contributed by atoms with van der Waals surface area (Å²) < 4.78 is 0. The highest BCUT2D eigenvalue weighted by molar-refractivity contribution is 7.98. The van der Waals surface area contributed by atoms with Crippen LogP contribution in [0.3, 0.4) is 0 Å². The molecule has 0 bridgehead atoms. The lowest BCUT2D eigenvalue weighted by Crippen LogP contribution is -3.00. The van der Waals surface area contributed by atoms with Gasteiger partial charge in [0.05, 0.1) is 16.4 Å². The molecule has 2 N–H and O–H groups in total. The van der Waals surface area contributed by atoms with E-state index in [2.05, 4.69) is 47.5 Å². The van der Waals surface area contributed by atoms with Gasteiger partial charge in [-0.15, -0.1) is 0 Å². The fourth-order valence-electron chi connectivity index (χ4n) is 3.69. The van der Waals surface area contributed by atoms with Crippen LogP contribution in [0.5, 0.6) is 5.75 Å². The van der Waals surface area contributed by atoms with Gasteiger partial charge in [0.25, 0.3) is 5.69 Å². The number of phenolic OH excluding ortho intramolecular Hbond substituents is 1. The fraction of sp³-hybridized carbons (Fsp3) is 0. The Morgan fingerprint density at radius 1 is 0.758 bits per heavy atom. The molecule has 166 valence electrons. The first-order valence-electron chi connectivity index (χ1n) is 10.1. The van der Waals surface area contributed by atoms with E-state index in [1.54, 1.807) is 6.20 Å². The third kappa shape index (κ3) is 5.06. The van der Waals surface area contributed by atoms with Gasteiger partial charge in [0, 0.05) is 18.3 Å². The van der Waals surface area contributed by atoms with E-state index in [9.17, 15) is 15.2 Å². The maximum Gasteiger partial charge on any atom is 0.271 e. The molecule has 5 nitrogen and oxygen atoms in total. The molecule has 33 heavy (non-hydrogen) atoms. The van der Waals surface area contributed by atoms with Crippen molar-refractivity contribution in [3.05, 3.63) is 131 Å². The molecule has 0 radical (unpaired) electrons. The fourth-order valence-corrected chi connectivity index (χ4v) is 7.32. The minimum Gasteiger partial charge on any atom is -1.00 e. The van der Waals surface area contributed by atoms with Crippen LogP contribution in [0, 0.1) is 10.1 Å². The number of anilines is 1. The Hall–Kier alpha value is -3.66. The van der Waals surface area contributed by atoms with Gasteiger partial charge in [-0.3, -0.25) is 10.1 Å². The molecule has 0 aliphatic rings. The lowest BCUT2D eigenvalue weighted by atomic mass is 10.2. The van der Waals surface area contributed by atoms with Crippen LogP contribution >= 0.6 is 7.26 Å². The first-order valence-corrected chi connectivity index (χ1v) is 11.9. The zero-order chi connectivity index (χ0) is 22.4. The lowest BCUT2D eigenvalue weighted by Gasteiger charge is -2.24. The standard InChI is InChI=1S/C26H21N2O3P.ClH/c29-26-17-16-21(28(30)31)20-25(26)27-18-19-32(22-10-4-1-5-11-22,23-12-6-2-7-13-23)24-14-8-3-9-15-24;/h1-20,27H;1H/b19-18+;. The van der Waals surface area contributed by atoms with Gasteiger partial charge in [-0.25, -0.2) is 0 Å². The lowest BCUT2D eigenvalue weighted by molar-refractivity contribution is -0.384. The second-order valence-corrected chi connectivity index (χ2v) is 10.4. The van der Waals surface area contributed by atoms with E-state index in [4.69, 9.17) is 0 Å². The summed E-state index contributed by atoms with van der Waals surface area (Å²) in [7, 11) is -2.19. The highest BCUT2D eigenvalue weighted by Gasteiger charge is 2.43. The van der Waals surface area contributed by atoms with Crippen LogP contribution in [0.25, 0.3) is 0 Å². The van der Waals surface area contributed by atoms with E-state index < -0.39 is 12.2 Å². The van der Waals surface area contributed by atoms with Crippen LogP contribution in [-0.4, -0.2) is 10.0 Å². The van der Waals surface area contributed by atoms with E-state index in [0.29, 0.717) is 0 Å². The maximum absolute atomic E-state index is 11.1. The monoisotopic (exact) mass is 476 g/mol. The molecule has 0 saturated heterocycles. The number of phenols is 1. The second kappa shape index (κ2) is 10.8. The quantitative estimate of drug-likeness (QED) is 0.185. The molecular formula is C26H22ClN2O3P. The van der Waals surface area contributed by atoms with E-state index in [1.807, 2.05) is 54.6 Å². The van der Waals surface area contributed by atoms with Gasteiger partial charge in [0.1, 0.15) is 28.9 Å². The van der Waals surface area contributed by atoms with E-state index in [-0.39, 0.29) is 29.5 Å². The molecule has 0 aliphatic heterocycles. The Bertz CT molecular complexity index is 1140. The largest absolute Gasteiger partial charge is 1.00 e. The Labute approximate surface area is 199 Å². The van der Waals surface area contributed by atoms with E-state index >= 15 is 0 Å². The Kier molecular flexibility index (Phi) is 7.83. The Morgan fingerprint density at radius 3 is 1.64 bits per heavy atom. The van der Waals surface area contributed by atoms with Crippen molar-refractivity contribution in [1.82, 2.24) is 0 Å². The molecule has 0 aliphatic carbocycles. The smallest absolute Gasteiger partial charge is 0.271 e. The van der Waals surface area contributed by atoms with Gasteiger partial charge in [-0.2, -0.15) is 0 Å². The zero-order valence-corrected chi connectivity index (χ0v) is 19.2. The minimum absolute atomic E-state index is 0. The number of hydrogen-bond donors (Lipinski definition) is 2. The van der Waals surface area contributed by atoms with Crippen molar-refractivity contribution in [3.8, 4) is 5.75 Å². The van der Waals surface area contributed by atoms with Crippen molar-refractivity contribution in [3.63, 3.8) is 0 Å². The summed E-state index contributed by atoms with van der Waals surface area (Å²) in [5.74, 6) is 2.08. The summed E-state index contributed by atoms with van der Waals surface area (Å²) in [5, 5.41) is 27.9. The molecule has 4 rings (SSSR count). The molecule has 0 fully saturated rings. The number of aromatic hydroxyl groups is 1.